The molecule has 0 saturated carbocycles. The molecule has 0 spiro atoms. The van der Waals surface area contributed by atoms with Gasteiger partial charge in [-0.05, 0) is 63.1 Å². The molecular formula is C27H31N3O6. The molecule has 0 atom stereocenters. The number of methoxy groups -OCH3 is 2. The molecule has 190 valence electrons. The Hall–Kier alpha value is -3.88. The summed E-state index contributed by atoms with van der Waals surface area (Å²) in [5, 5.41) is 6.36. The number of esters is 1. The van der Waals surface area contributed by atoms with Crippen molar-refractivity contribution >= 4 is 23.5 Å². The van der Waals surface area contributed by atoms with Gasteiger partial charge in [0.15, 0.2) is 11.5 Å². The molecule has 0 aliphatic carbocycles. The number of carbonyl (C=O) groups excluding carboxylic acids is 3. The van der Waals surface area contributed by atoms with E-state index >= 15 is 0 Å². The molecular weight excluding hydrogens is 462 g/mol. The summed E-state index contributed by atoms with van der Waals surface area (Å²) >= 11 is 0. The van der Waals surface area contributed by atoms with Gasteiger partial charge in [-0.1, -0.05) is 6.07 Å². The molecule has 9 heteroatoms. The number of hydrazone groups is 1. The lowest BCUT2D eigenvalue weighted by atomic mass is 9.83. The summed E-state index contributed by atoms with van der Waals surface area (Å²) in [5.41, 5.74) is 1.13. The van der Waals surface area contributed by atoms with Gasteiger partial charge in [-0.2, -0.15) is 5.10 Å². The third kappa shape index (κ3) is 4.78. The van der Waals surface area contributed by atoms with Gasteiger partial charge >= 0.3 is 5.97 Å². The monoisotopic (exact) mass is 493 g/mol. The summed E-state index contributed by atoms with van der Waals surface area (Å²) in [6, 6.07) is 12.0. The minimum Gasteiger partial charge on any atom is -0.493 e. The molecule has 2 heterocycles. The molecule has 0 unspecified atom stereocenters. The molecule has 4 rings (SSSR count). The number of amides is 2. The van der Waals surface area contributed by atoms with Crippen molar-refractivity contribution in [1.29, 1.82) is 0 Å². The number of likely N-dealkylation sites (tertiary alicyclic amines) is 1. The first kappa shape index (κ1) is 25.2. The van der Waals surface area contributed by atoms with Gasteiger partial charge in [-0.25, -0.2) is 5.01 Å². The highest BCUT2D eigenvalue weighted by Crippen LogP contribution is 2.37. The topological polar surface area (TPSA) is 97.7 Å². The molecule has 0 aromatic heterocycles. The van der Waals surface area contributed by atoms with Crippen molar-refractivity contribution in [2.75, 3.05) is 27.3 Å². The van der Waals surface area contributed by atoms with Gasteiger partial charge < -0.3 is 19.1 Å². The summed E-state index contributed by atoms with van der Waals surface area (Å²) in [7, 11) is 3.15. The molecule has 0 N–H and O–H groups in total. The van der Waals surface area contributed by atoms with Crippen LogP contribution in [0, 0.1) is 5.41 Å². The van der Waals surface area contributed by atoms with E-state index in [1.54, 1.807) is 54.5 Å². The number of ether oxygens (including phenoxy) is 3. The van der Waals surface area contributed by atoms with Gasteiger partial charge in [0, 0.05) is 31.1 Å². The molecule has 1 saturated heterocycles. The van der Waals surface area contributed by atoms with E-state index in [2.05, 4.69) is 0 Å². The van der Waals surface area contributed by atoms with Gasteiger partial charge in [0.25, 0.3) is 11.8 Å². The van der Waals surface area contributed by atoms with Crippen molar-refractivity contribution in [3.8, 4) is 17.2 Å². The van der Waals surface area contributed by atoms with Crippen LogP contribution < -0.4 is 14.2 Å². The Bertz CT molecular complexity index is 1210. The zero-order valence-corrected chi connectivity index (χ0v) is 21.2. The summed E-state index contributed by atoms with van der Waals surface area (Å²) in [6.07, 6.45) is 1.22. The molecule has 2 amide bonds. The molecule has 2 aromatic carbocycles. The molecule has 0 radical (unpaired) electrons. The van der Waals surface area contributed by atoms with Gasteiger partial charge in [0.05, 0.1) is 31.4 Å². The van der Waals surface area contributed by atoms with E-state index < -0.39 is 11.4 Å². The van der Waals surface area contributed by atoms with E-state index in [0.717, 1.165) is 5.56 Å². The Morgan fingerprint density at radius 2 is 1.69 bits per heavy atom. The van der Waals surface area contributed by atoms with Crippen LogP contribution in [0.4, 0.5) is 0 Å². The predicted molar refractivity (Wildman–Crippen MR) is 133 cm³/mol. The van der Waals surface area contributed by atoms with E-state index in [9.17, 15) is 14.4 Å². The maximum absolute atomic E-state index is 13.4. The molecule has 36 heavy (non-hydrogen) atoms. The fourth-order valence-electron chi connectivity index (χ4n) is 4.67. The average Bonchev–Trinajstić information content (AvgIpc) is 3.11. The smallest absolute Gasteiger partial charge is 0.308 e. The van der Waals surface area contributed by atoms with Crippen LogP contribution in [0.15, 0.2) is 47.6 Å². The zero-order chi connectivity index (χ0) is 26.0. The molecule has 1 fully saturated rings. The Morgan fingerprint density at radius 1 is 1.00 bits per heavy atom. The SMILES string of the molecule is COc1ccc(C2=NN(C3CCN(C(=O)c4cccc(OC(C)=O)c4)CC3)C(=O)C2(C)C)cc1OC. The second kappa shape index (κ2) is 10.0. The minimum atomic E-state index is -0.802. The second-order valence-corrected chi connectivity index (χ2v) is 9.44. The number of benzene rings is 2. The fraction of sp³-hybridized carbons (Fsp3) is 0.407. The first-order chi connectivity index (χ1) is 17.1. The maximum Gasteiger partial charge on any atom is 0.308 e. The quantitative estimate of drug-likeness (QED) is 0.451. The van der Waals surface area contributed by atoms with Crippen LogP contribution in [0.5, 0.6) is 17.2 Å². The highest BCUT2D eigenvalue weighted by atomic mass is 16.5. The maximum atomic E-state index is 13.4. The molecule has 2 aliphatic heterocycles. The highest BCUT2D eigenvalue weighted by molar-refractivity contribution is 6.19. The summed E-state index contributed by atoms with van der Waals surface area (Å²) in [6.45, 7) is 6.05. The van der Waals surface area contributed by atoms with Crippen LogP contribution in [0.2, 0.25) is 0 Å². The molecule has 9 nitrogen and oxygen atoms in total. The standard InChI is InChI=1S/C27H31N3O6/c1-17(31)36-21-8-6-7-19(15-21)25(32)29-13-11-20(12-14-29)30-26(33)27(2,3)24(28-30)18-9-10-22(34-4)23(16-18)35-5/h6-10,15-16,20H,11-14H2,1-5H3. The van der Waals surface area contributed by atoms with Gasteiger partial charge in [-0.3, -0.25) is 14.4 Å². The lowest BCUT2D eigenvalue weighted by molar-refractivity contribution is -0.138. The normalized spacial score (nSPS) is 17.6. The lowest BCUT2D eigenvalue weighted by Crippen LogP contribution is -2.47. The Labute approximate surface area is 210 Å². The van der Waals surface area contributed by atoms with Crippen LogP contribution in [0.1, 0.15) is 49.5 Å². The number of hydrogen-bond donors (Lipinski definition) is 0. The van der Waals surface area contributed by atoms with Gasteiger partial charge in [0.1, 0.15) is 5.75 Å². The van der Waals surface area contributed by atoms with E-state index in [0.29, 0.717) is 54.5 Å². The first-order valence-corrected chi connectivity index (χ1v) is 11.9. The van der Waals surface area contributed by atoms with Crippen LogP contribution in [0.3, 0.4) is 0 Å². The van der Waals surface area contributed by atoms with Crippen molar-refractivity contribution < 1.29 is 28.6 Å². The Morgan fingerprint density at radius 3 is 2.33 bits per heavy atom. The number of carbonyl (C=O) groups is 3. The van der Waals surface area contributed by atoms with E-state index in [4.69, 9.17) is 19.3 Å². The Balaban J connectivity index is 1.48. The molecule has 2 aliphatic rings. The molecule has 2 aromatic rings. The first-order valence-electron chi connectivity index (χ1n) is 11.9. The largest absolute Gasteiger partial charge is 0.493 e. The fourth-order valence-corrected chi connectivity index (χ4v) is 4.67. The lowest BCUT2D eigenvalue weighted by Gasteiger charge is -2.35. The number of hydrogen-bond acceptors (Lipinski definition) is 7. The van der Waals surface area contributed by atoms with E-state index in [-0.39, 0.29) is 17.9 Å². The number of rotatable bonds is 6. The second-order valence-electron chi connectivity index (χ2n) is 9.44. The van der Waals surface area contributed by atoms with Crippen molar-refractivity contribution in [3.63, 3.8) is 0 Å². The minimum absolute atomic E-state index is 0.0638. The number of nitrogens with zero attached hydrogens (tertiary/aromatic N) is 3. The third-order valence-electron chi connectivity index (χ3n) is 6.64. The Kier molecular flexibility index (Phi) is 7.01. The number of piperidine rings is 1. The van der Waals surface area contributed by atoms with Crippen LogP contribution >= 0.6 is 0 Å². The van der Waals surface area contributed by atoms with Crippen molar-refractivity contribution in [1.82, 2.24) is 9.91 Å². The van der Waals surface area contributed by atoms with Crippen molar-refractivity contribution in [2.45, 2.75) is 39.7 Å². The van der Waals surface area contributed by atoms with Crippen LogP contribution in [0.25, 0.3) is 0 Å². The van der Waals surface area contributed by atoms with Gasteiger partial charge in [-0.15, -0.1) is 0 Å². The van der Waals surface area contributed by atoms with Crippen LogP contribution in [-0.2, 0) is 9.59 Å². The third-order valence-corrected chi connectivity index (χ3v) is 6.64. The van der Waals surface area contributed by atoms with E-state index in [1.165, 1.54) is 6.92 Å². The zero-order valence-electron chi connectivity index (χ0n) is 21.2. The van der Waals surface area contributed by atoms with Gasteiger partial charge in [0.2, 0.25) is 0 Å². The molecule has 0 bridgehead atoms. The summed E-state index contributed by atoms with van der Waals surface area (Å²) < 4.78 is 15.9. The summed E-state index contributed by atoms with van der Waals surface area (Å²) in [4.78, 5) is 39.4. The van der Waals surface area contributed by atoms with Crippen LogP contribution in [-0.4, -0.2) is 66.8 Å². The van der Waals surface area contributed by atoms with Crippen molar-refractivity contribution in [3.05, 3.63) is 53.6 Å². The van der Waals surface area contributed by atoms with Crippen molar-refractivity contribution in [2.24, 2.45) is 10.5 Å². The highest BCUT2D eigenvalue weighted by Gasteiger charge is 2.47. The summed E-state index contributed by atoms with van der Waals surface area (Å²) in [5.74, 6) is 0.883. The average molecular weight is 494 g/mol. The predicted octanol–water partition coefficient (Wildman–Crippen LogP) is 3.51. The van der Waals surface area contributed by atoms with E-state index in [1.807, 2.05) is 26.0 Å².